The lowest BCUT2D eigenvalue weighted by Crippen LogP contribution is -2.51. The summed E-state index contributed by atoms with van der Waals surface area (Å²) < 4.78 is 14.2. The number of halogens is 2. The quantitative estimate of drug-likeness (QED) is 0.855. The molecule has 2 heterocycles. The molecule has 0 amide bonds. The maximum atomic E-state index is 13.6. The van der Waals surface area contributed by atoms with Crippen LogP contribution < -0.4 is 4.90 Å². The Hall–Kier alpha value is -0.270. The van der Waals surface area contributed by atoms with E-state index in [0.29, 0.717) is 22.0 Å². The largest absolute Gasteiger partial charge is 0.387 e. The molecule has 2 rings (SSSR count). The van der Waals surface area contributed by atoms with E-state index in [1.807, 2.05) is 4.90 Å². The Morgan fingerprint density at radius 1 is 1.67 bits per heavy atom. The van der Waals surface area contributed by atoms with Crippen LogP contribution in [0.2, 0.25) is 0 Å². The second-order valence-corrected chi connectivity index (χ2v) is 6.09. The van der Waals surface area contributed by atoms with E-state index >= 15 is 0 Å². The van der Waals surface area contributed by atoms with Crippen molar-refractivity contribution < 1.29 is 9.50 Å². The minimum atomic E-state index is -1.24. The second kappa shape index (κ2) is 3.95. The van der Waals surface area contributed by atoms with Crippen LogP contribution in [0.1, 0.15) is 13.3 Å². The first-order chi connectivity index (χ1) is 6.99. The van der Waals surface area contributed by atoms with Gasteiger partial charge < -0.3 is 10.0 Å². The maximum Gasteiger partial charge on any atom is 0.209 e. The zero-order chi connectivity index (χ0) is 11.1. The van der Waals surface area contributed by atoms with Gasteiger partial charge in [0.25, 0.3) is 0 Å². The van der Waals surface area contributed by atoms with Crippen molar-refractivity contribution in [3.63, 3.8) is 0 Å². The van der Waals surface area contributed by atoms with Crippen LogP contribution >= 0.6 is 27.3 Å². The molecule has 1 saturated heterocycles. The molecule has 0 radical (unpaired) electrons. The van der Waals surface area contributed by atoms with Crippen molar-refractivity contribution in [2.45, 2.75) is 25.1 Å². The summed E-state index contributed by atoms with van der Waals surface area (Å²) in [5.41, 5.74) is -1.21. The Labute approximate surface area is 99.3 Å². The van der Waals surface area contributed by atoms with Crippen molar-refractivity contribution >= 4 is 32.4 Å². The average Bonchev–Trinajstić information content (AvgIpc) is 2.57. The zero-order valence-electron chi connectivity index (χ0n) is 8.15. The van der Waals surface area contributed by atoms with Gasteiger partial charge in [-0.3, -0.25) is 0 Å². The summed E-state index contributed by atoms with van der Waals surface area (Å²) in [6.45, 7) is 2.31. The lowest BCUT2D eigenvalue weighted by molar-refractivity contribution is -0.0330. The summed E-state index contributed by atoms with van der Waals surface area (Å²) in [6, 6.07) is 0. The first-order valence-corrected chi connectivity index (χ1v) is 6.20. The molecular weight excluding hydrogens is 285 g/mol. The molecule has 84 valence electrons. The fourth-order valence-electron chi connectivity index (χ4n) is 1.50. The molecule has 15 heavy (non-hydrogen) atoms. The monoisotopic (exact) mass is 295 g/mol. The topological polar surface area (TPSA) is 49.2 Å². The molecule has 7 heteroatoms. The molecule has 1 aromatic rings. The molecule has 2 atom stereocenters. The van der Waals surface area contributed by atoms with Gasteiger partial charge in [0.15, 0.2) is 3.92 Å². The molecule has 1 aliphatic rings. The number of piperidine rings is 1. The first-order valence-electron chi connectivity index (χ1n) is 4.59. The van der Waals surface area contributed by atoms with Crippen LogP contribution in [0.4, 0.5) is 9.52 Å². The van der Waals surface area contributed by atoms with Gasteiger partial charge in [-0.1, -0.05) is 11.3 Å². The second-order valence-electron chi connectivity index (χ2n) is 3.86. The summed E-state index contributed by atoms with van der Waals surface area (Å²) in [7, 11) is 0. The highest BCUT2D eigenvalue weighted by Gasteiger charge is 2.38. The van der Waals surface area contributed by atoms with E-state index < -0.39 is 11.8 Å². The van der Waals surface area contributed by atoms with Gasteiger partial charge in [0.1, 0.15) is 6.17 Å². The highest BCUT2D eigenvalue weighted by molar-refractivity contribution is 9.11. The van der Waals surface area contributed by atoms with E-state index in [0.717, 1.165) is 0 Å². The van der Waals surface area contributed by atoms with E-state index in [1.165, 1.54) is 18.3 Å². The number of aliphatic hydroxyl groups is 1. The van der Waals surface area contributed by atoms with E-state index in [-0.39, 0.29) is 6.54 Å². The SMILES string of the molecule is C[C@]1(O)CCN(c2nnc(Br)s2)C[C@H]1F. The van der Waals surface area contributed by atoms with Crippen molar-refractivity contribution in [1.82, 2.24) is 10.2 Å². The lowest BCUT2D eigenvalue weighted by atomic mass is 9.92. The van der Waals surface area contributed by atoms with Crippen LogP contribution in [0.3, 0.4) is 0 Å². The number of hydrogen-bond donors (Lipinski definition) is 1. The van der Waals surface area contributed by atoms with Crippen LogP contribution in [0, 0.1) is 0 Å². The Morgan fingerprint density at radius 3 is 2.93 bits per heavy atom. The lowest BCUT2D eigenvalue weighted by Gasteiger charge is -2.38. The molecule has 0 aromatic carbocycles. The van der Waals surface area contributed by atoms with Crippen molar-refractivity contribution in [2.75, 3.05) is 18.0 Å². The third-order valence-electron chi connectivity index (χ3n) is 2.60. The summed E-state index contributed by atoms with van der Waals surface area (Å²) in [5, 5.41) is 18.1. The minimum Gasteiger partial charge on any atom is -0.387 e. The Morgan fingerprint density at radius 2 is 2.40 bits per heavy atom. The Kier molecular flexibility index (Phi) is 2.96. The van der Waals surface area contributed by atoms with Crippen LogP contribution in [0.15, 0.2) is 3.92 Å². The molecule has 1 aromatic heterocycles. The molecule has 0 aliphatic carbocycles. The van der Waals surface area contributed by atoms with Gasteiger partial charge in [-0.25, -0.2) is 4.39 Å². The van der Waals surface area contributed by atoms with Gasteiger partial charge in [0.05, 0.1) is 12.1 Å². The fraction of sp³-hybridized carbons (Fsp3) is 0.750. The summed E-state index contributed by atoms with van der Waals surface area (Å²) in [5.74, 6) is 0. The smallest absolute Gasteiger partial charge is 0.209 e. The van der Waals surface area contributed by atoms with E-state index in [4.69, 9.17) is 0 Å². The number of nitrogens with zero attached hydrogens (tertiary/aromatic N) is 3. The standard InChI is InChI=1S/C8H11BrFN3OS/c1-8(14)2-3-13(4-5(8)10)7-12-11-6(9)15-7/h5,14H,2-4H2,1H3/t5-,8+/m1/s1. The number of alkyl halides is 1. The highest BCUT2D eigenvalue weighted by atomic mass is 79.9. The van der Waals surface area contributed by atoms with Gasteiger partial charge in [-0.2, -0.15) is 0 Å². The van der Waals surface area contributed by atoms with Gasteiger partial charge in [0, 0.05) is 6.54 Å². The molecular formula is C8H11BrFN3OS. The predicted molar refractivity (Wildman–Crippen MR) is 60.0 cm³/mol. The van der Waals surface area contributed by atoms with Crippen molar-refractivity contribution in [3.05, 3.63) is 3.92 Å². The maximum absolute atomic E-state index is 13.6. The average molecular weight is 296 g/mol. The van der Waals surface area contributed by atoms with Crippen LogP contribution in [-0.2, 0) is 0 Å². The van der Waals surface area contributed by atoms with Gasteiger partial charge in [0.2, 0.25) is 5.13 Å². The molecule has 1 fully saturated rings. The highest BCUT2D eigenvalue weighted by Crippen LogP contribution is 2.31. The number of rotatable bonds is 1. The number of aromatic nitrogens is 2. The Bertz CT molecular complexity index is 359. The molecule has 0 spiro atoms. The van der Waals surface area contributed by atoms with E-state index in [1.54, 1.807) is 0 Å². The van der Waals surface area contributed by atoms with Gasteiger partial charge in [-0.05, 0) is 29.3 Å². The van der Waals surface area contributed by atoms with Crippen molar-refractivity contribution in [3.8, 4) is 0 Å². The summed E-state index contributed by atoms with van der Waals surface area (Å²) in [6.07, 6.45) is -0.834. The molecule has 0 unspecified atom stereocenters. The number of anilines is 1. The van der Waals surface area contributed by atoms with Crippen molar-refractivity contribution in [1.29, 1.82) is 0 Å². The molecule has 1 N–H and O–H groups in total. The zero-order valence-corrected chi connectivity index (χ0v) is 10.6. The summed E-state index contributed by atoms with van der Waals surface area (Å²) in [4.78, 5) is 1.81. The van der Waals surface area contributed by atoms with Crippen LogP contribution in [-0.4, -0.2) is 40.2 Å². The molecule has 0 saturated carbocycles. The third-order valence-corrected chi connectivity index (χ3v) is 4.02. The Balaban J connectivity index is 2.09. The van der Waals surface area contributed by atoms with Gasteiger partial charge in [-0.15, -0.1) is 10.2 Å². The summed E-state index contributed by atoms with van der Waals surface area (Å²) >= 11 is 4.58. The normalized spacial score (nSPS) is 32.0. The van der Waals surface area contributed by atoms with Crippen molar-refractivity contribution in [2.24, 2.45) is 0 Å². The minimum absolute atomic E-state index is 0.175. The number of hydrogen-bond acceptors (Lipinski definition) is 5. The van der Waals surface area contributed by atoms with E-state index in [9.17, 15) is 9.50 Å². The van der Waals surface area contributed by atoms with Gasteiger partial charge >= 0.3 is 0 Å². The third kappa shape index (κ3) is 2.29. The molecule has 1 aliphatic heterocycles. The molecule has 0 bridgehead atoms. The van der Waals surface area contributed by atoms with Crippen LogP contribution in [0.25, 0.3) is 0 Å². The van der Waals surface area contributed by atoms with Crippen LogP contribution in [0.5, 0.6) is 0 Å². The van der Waals surface area contributed by atoms with E-state index in [2.05, 4.69) is 26.1 Å². The fourth-order valence-corrected chi connectivity index (χ4v) is 2.62. The first kappa shape index (κ1) is 11.2. The predicted octanol–water partition coefficient (Wildman–Crippen LogP) is 1.60. The molecule has 4 nitrogen and oxygen atoms in total.